The molecule has 1 aromatic rings. The fourth-order valence-electron chi connectivity index (χ4n) is 1.10. The summed E-state index contributed by atoms with van der Waals surface area (Å²) in [5.74, 6) is -0.760. The van der Waals surface area contributed by atoms with Crippen molar-refractivity contribution in [2.24, 2.45) is 0 Å². The van der Waals surface area contributed by atoms with Crippen molar-refractivity contribution in [3.63, 3.8) is 0 Å². The Morgan fingerprint density at radius 3 is 2.64 bits per heavy atom. The zero-order valence-electron chi connectivity index (χ0n) is 7.12. The molecule has 0 atom stereocenters. The summed E-state index contributed by atoms with van der Waals surface area (Å²) in [5.41, 5.74) is 0.211. The zero-order valence-corrected chi connectivity index (χ0v) is 7.12. The van der Waals surface area contributed by atoms with Crippen molar-refractivity contribution in [2.45, 2.75) is 6.42 Å². The van der Waals surface area contributed by atoms with Gasteiger partial charge in [-0.3, -0.25) is 4.79 Å². The van der Waals surface area contributed by atoms with Gasteiger partial charge in [-0.2, -0.15) is 10.5 Å². The van der Waals surface area contributed by atoms with E-state index < -0.39 is 5.82 Å². The molecule has 4 heteroatoms. The molecule has 1 aromatic carbocycles. The fraction of sp³-hybridized carbons (Fsp3) is 0.100. The quantitative estimate of drug-likeness (QED) is 0.661. The van der Waals surface area contributed by atoms with Crippen molar-refractivity contribution in [1.29, 1.82) is 10.5 Å². The average Bonchev–Trinajstić information content (AvgIpc) is 2.18. The second-order valence-corrected chi connectivity index (χ2v) is 2.60. The topological polar surface area (TPSA) is 64.7 Å². The highest BCUT2D eigenvalue weighted by Crippen LogP contribution is 2.15. The standard InChI is InChI=1S/C10H5FN2O/c11-10-4-7(5-13)3-8(1-2-12)9(10)6-14/h3-4,6H,1H2. The summed E-state index contributed by atoms with van der Waals surface area (Å²) in [7, 11) is 0. The molecule has 0 N–H and O–H groups in total. The lowest BCUT2D eigenvalue weighted by Gasteiger charge is -2.01. The third-order valence-corrected chi connectivity index (χ3v) is 1.73. The second-order valence-electron chi connectivity index (χ2n) is 2.60. The molecule has 0 amide bonds. The van der Waals surface area contributed by atoms with Gasteiger partial charge in [-0.1, -0.05) is 0 Å². The highest BCUT2D eigenvalue weighted by atomic mass is 19.1. The molecule has 0 aliphatic heterocycles. The SMILES string of the molecule is N#CCc1cc(C#N)cc(F)c1C=O. The zero-order chi connectivity index (χ0) is 10.6. The number of hydrogen-bond acceptors (Lipinski definition) is 3. The molecule has 0 fully saturated rings. The van der Waals surface area contributed by atoms with Gasteiger partial charge in [0.15, 0.2) is 6.29 Å². The first-order valence-electron chi connectivity index (χ1n) is 3.77. The molecule has 1 rings (SSSR count). The van der Waals surface area contributed by atoms with E-state index in [1.807, 2.05) is 0 Å². The van der Waals surface area contributed by atoms with Crippen LogP contribution in [0.5, 0.6) is 0 Å². The van der Waals surface area contributed by atoms with E-state index in [0.29, 0.717) is 6.29 Å². The first-order valence-corrected chi connectivity index (χ1v) is 3.77. The third kappa shape index (κ3) is 1.75. The van der Waals surface area contributed by atoms with Gasteiger partial charge in [-0.05, 0) is 17.7 Å². The molecule has 68 valence electrons. The summed E-state index contributed by atoms with van der Waals surface area (Å²) in [6.45, 7) is 0. The molecule has 0 spiro atoms. The highest BCUT2D eigenvalue weighted by molar-refractivity contribution is 5.78. The number of benzene rings is 1. The van der Waals surface area contributed by atoms with Gasteiger partial charge in [0, 0.05) is 0 Å². The Bertz CT molecular complexity index is 454. The number of carbonyl (C=O) groups excluding carboxylic acids is 1. The normalized spacial score (nSPS) is 8.79. The van der Waals surface area contributed by atoms with E-state index in [1.165, 1.54) is 6.07 Å². The Morgan fingerprint density at radius 2 is 2.14 bits per heavy atom. The van der Waals surface area contributed by atoms with Crippen molar-refractivity contribution in [3.8, 4) is 12.1 Å². The number of rotatable bonds is 2. The van der Waals surface area contributed by atoms with Crippen LogP contribution in [0.2, 0.25) is 0 Å². The first-order chi connectivity index (χ1) is 6.72. The van der Waals surface area contributed by atoms with Gasteiger partial charge in [0.05, 0.1) is 29.7 Å². The molecule has 0 aliphatic carbocycles. The van der Waals surface area contributed by atoms with Gasteiger partial charge in [0.1, 0.15) is 5.82 Å². The minimum atomic E-state index is -0.760. The van der Waals surface area contributed by atoms with Crippen molar-refractivity contribution < 1.29 is 9.18 Å². The summed E-state index contributed by atoms with van der Waals surface area (Å²) < 4.78 is 13.1. The molecule has 0 aromatic heterocycles. The van der Waals surface area contributed by atoms with Crippen LogP contribution in [0.25, 0.3) is 0 Å². The second kappa shape index (κ2) is 4.15. The number of halogens is 1. The van der Waals surface area contributed by atoms with E-state index in [1.54, 1.807) is 12.1 Å². The smallest absolute Gasteiger partial charge is 0.153 e. The number of aldehydes is 1. The lowest BCUT2D eigenvalue weighted by atomic mass is 10.0. The van der Waals surface area contributed by atoms with E-state index in [0.717, 1.165) is 6.07 Å². The van der Waals surface area contributed by atoms with Crippen LogP contribution < -0.4 is 0 Å². The van der Waals surface area contributed by atoms with Crippen LogP contribution in [0.3, 0.4) is 0 Å². The largest absolute Gasteiger partial charge is 0.298 e. The molecular formula is C10H5FN2O. The van der Waals surface area contributed by atoms with E-state index in [9.17, 15) is 9.18 Å². The number of nitriles is 2. The van der Waals surface area contributed by atoms with Crippen molar-refractivity contribution >= 4 is 6.29 Å². The summed E-state index contributed by atoms with van der Waals surface area (Å²) in [6.07, 6.45) is 0.268. The summed E-state index contributed by atoms with van der Waals surface area (Å²) in [5, 5.41) is 17.0. The molecule has 0 aliphatic rings. The maximum atomic E-state index is 13.1. The van der Waals surface area contributed by atoms with Gasteiger partial charge in [-0.25, -0.2) is 4.39 Å². The third-order valence-electron chi connectivity index (χ3n) is 1.73. The van der Waals surface area contributed by atoms with Crippen molar-refractivity contribution in [3.05, 3.63) is 34.6 Å². The lowest BCUT2D eigenvalue weighted by molar-refractivity contribution is 0.111. The van der Waals surface area contributed by atoms with Gasteiger partial charge in [0.2, 0.25) is 0 Å². The van der Waals surface area contributed by atoms with Crippen LogP contribution in [-0.4, -0.2) is 6.29 Å². The molecule has 0 radical (unpaired) electrons. The molecule has 0 saturated heterocycles. The Morgan fingerprint density at radius 1 is 1.43 bits per heavy atom. The van der Waals surface area contributed by atoms with Crippen LogP contribution in [-0.2, 0) is 6.42 Å². The van der Waals surface area contributed by atoms with E-state index in [-0.39, 0.29) is 23.1 Å². The van der Waals surface area contributed by atoms with Gasteiger partial charge in [0.25, 0.3) is 0 Å². The Kier molecular flexibility index (Phi) is 2.93. The number of nitrogens with zero attached hydrogens (tertiary/aromatic N) is 2. The predicted molar refractivity (Wildman–Crippen MR) is 45.8 cm³/mol. The van der Waals surface area contributed by atoms with Gasteiger partial charge < -0.3 is 0 Å². The van der Waals surface area contributed by atoms with E-state index >= 15 is 0 Å². The van der Waals surface area contributed by atoms with Gasteiger partial charge >= 0.3 is 0 Å². The molecular weight excluding hydrogens is 183 g/mol. The van der Waals surface area contributed by atoms with Crippen molar-refractivity contribution in [1.82, 2.24) is 0 Å². The minimum Gasteiger partial charge on any atom is -0.298 e. The summed E-state index contributed by atoms with van der Waals surface area (Å²) >= 11 is 0. The summed E-state index contributed by atoms with van der Waals surface area (Å²) in [6, 6.07) is 5.87. The molecule has 0 saturated carbocycles. The first kappa shape index (κ1) is 9.88. The Hall–Kier alpha value is -2.20. The van der Waals surface area contributed by atoms with Crippen LogP contribution >= 0.6 is 0 Å². The fourth-order valence-corrected chi connectivity index (χ4v) is 1.10. The van der Waals surface area contributed by atoms with Crippen LogP contribution in [0.15, 0.2) is 12.1 Å². The minimum absolute atomic E-state index is 0.0828. The van der Waals surface area contributed by atoms with E-state index in [4.69, 9.17) is 10.5 Å². The number of hydrogen-bond donors (Lipinski definition) is 0. The maximum Gasteiger partial charge on any atom is 0.153 e. The Labute approximate surface area is 80.0 Å². The number of carbonyl (C=O) groups is 1. The predicted octanol–water partition coefficient (Wildman–Crippen LogP) is 1.58. The summed E-state index contributed by atoms with van der Waals surface area (Å²) in [4.78, 5) is 10.5. The molecule has 0 heterocycles. The molecule has 0 unspecified atom stereocenters. The molecule has 0 bridgehead atoms. The molecule has 14 heavy (non-hydrogen) atoms. The van der Waals surface area contributed by atoms with Crippen molar-refractivity contribution in [2.75, 3.05) is 0 Å². The van der Waals surface area contributed by atoms with Crippen LogP contribution in [0.1, 0.15) is 21.5 Å². The van der Waals surface area contributed by atoms with Crippen LogP contribution in [0.4, 0.5) is 4.39 Å². The maximum absolute atomic E-state index is 13.1. The Balaban J connectivity index is 3.38. The van der Waals surface area contributed by atoms with Crippen LogP contribution in [0, 0.1) is 28.5 Å². The van der Waals surface area contributed by atoms with Gasteiger partial charge in [-0.15, -0.1) is 0 Å². The highest BCUT2D eigenvalue weighted by Gasteiger charge is 2.09. The monoisotopic (exact) mass is 188 g/mol. The molecule has 3 nitrogen and oxygen atoms in total. The average molecular weight is 188 g/mol. The lowest BCUT2D eigenvalue weighted by Crippen LogP contribution is -1.97. The van der Waals surface area contributed by atoms with E-state index in [2.05, 4.69) is 0 Å².